The van der Waals surface area contributed by atoms with Gasteiger partial charge in [-0.1, -0.05) is 66.7 Å². The van der Waals surface area contributed by atoms with Crippen molar-refractivity contribution in [1.82, 2.24) is 9.97 Å². The number of pyridine rings is 2. The Balaban J connectivity index is 0.000000188. The van der Waals surface area contributed by atoms with Crippen LogP contribution >= 0.6 is 22.0 Å². The average Bonchev–Trinajstić information content (AvgIpc) is 2.93. The summed E-state index contributed by atoms with van der Waals surface area (Å²) in [6.07, 6.45) is 3.54. The van der Waals surface area contributed by atoms with Gasteiger partial charge in [0.2, 0.25) is 0 Å². The molecule has 3 aromatic carbocycles. The van der Waals surface area contributed by atoms with Crippen LogP contribution in [0.25, 0.3) is 11.4 Å². The van der Waals surface area contributed by atoms with Crippen molar-refractivity contribution in [3.8, 4) is 11.4 Å². The molecule has 168 valence electrons. The zero-order valence-corrected chi connectivity index (χ0v) is 21.4. The topological polar surface area (TPSA) is 25.8 Å². The molecule has 2 nitrogen and oxygen atoms in total. The molecule has 2 aromatic heterocycles. The summed E-state index contributed by atoms with van der Waals surface area (Å²) in [4.78, 5) is 8.37. The van der Waals surface area contributed by atoms with Gasteiger partial charge in [0, 0.05) is 12.4 Å². The molecule has 0 N–H and O–H groups in total. The van der Waals surface area contributed by atoms with Crippen molar-refractivity contribution in [2.75, 3.05) is 0 Å². The van der Waals surface area contributed by atoms with Crippen molar-refractivity contribution in [3.63, 3.8) is 0 Å². The van der Waals surface area contributed by atoms with E-state index in [0.717, 1.165) is 11.4 Å². The molecule has 0 aliphatic heterocycles. The first-order valence-corrected chi connectivity index (χ1v) is 14.2. The molecule has 0 amide bonds. The summed E-state index contributed by atoms with van der Waals surface area (Å²) in [6, 6.07) is 44.1. The molecule has 0 atom stereocenters. The van der Waals surface area contributed by atoms with Crippen molar-refractivity contribution in [2.45, 2.75) is 0 Å². The van der Waals surface area contributed by atoms with Gasteiger partial charge in [-0.05, 0) is 60.7 Å². The number of benzene rings is 3. The van der Waals surface area contributed by atoms with Crippen LogP contribution in [-0.4, -0.2) is 9.97 Å². The predicted molar refractivity (Wildman–Crippen MR) is 143 cm³/mol. The molecule has 0 saturated carbocycles. The van der Waals surface area contributed by atoms with Crippen LogP contribution in [-0.2, 0) is 14.2 Å². The average molecular weight is 563 g/mol. The summed E-state index contributed by atoms with van der Waals surface area (Å²) < 4.78 is 0. The Morgan fingerprint density at radius 3 is 1.00 bits per heavy atom. The van der Waals surface area contributed by atoms with Gasteiger partial charge in [-0.25, -0.2) is 0 Å². The van der Waals surface area contributed by atoms with Crippen molar-refractivity contribution < 1.29 is 14.2 Å². The SMILES string of the molecule is [Cu][Br].c1ccc(-c2ccccn2)nc1.c1ccc([PH+](c2ccccc2)c2ccccc2)cc1. The van der Waals surface area contributed by atoms with E-state index < -0.39 is 7.92 Å². The van der Waals surface area contributed by atoms with Crippen LogP contribution in [0.5, 0.6) is 0 Å². The summed E-state index contributed by atoms with van der Waals surface area (Å²) >= 11 is 6.50. The monoisotopic (exact) mass is 561 g/mol. The second kappa shape index (κ2) is 14.5. The maximum absolute atomic E-state index is 4.19. The summed E-state index contributed by atoms with van der Waals surface area (Å²) in [5.41, 5.74) is 1.83. The fraction of sp³-hybridized carbons (Fsp3) is 0. The van der Waals surface area contributed by atoms with Gasteiger partial charge in [0.1, 0.15) is 15.9 Å². The van der Waals surface area contributed by atoms with Gasteiger partial charge < -0.3 is 0 Å². The minimum absolute atomic E-state index is 0.877. The van der Waals surface area contributed by atoms with E-state index in [9.17, 15) is 0 Å². The van der Waals surface area contributed by atoms with Crippen LogP contribution in [0.3, 0.4) is 0 Å². The zero-order valence-electron chi connectivity index (χ0n) is 17.9. The predicted octanol–water partition coefficient (Wildman–Crippen LogP) is 6.16. The molecule has 0 fully saturated rings. The van der Waals surface area contributed by atoms with Gasteiger partial charge in [0.15, 0.2) is 0 Å². The van der Waals surface area contributed by atoms with Crippen LogP contribution in [0.15, 0.2) is 140 Å². The van der Waals surface area contributed by atoms with Gasteiger partial charge in [-0.2, -0.15) is 0 Å². The summed E-state index contributed by atoms with van der Waals surface area (Å²) in [5, 5.41) is 4.31. The van der Waals surface area contributed by atoms with Crippen molar-refractivity contribution in [3.05, 3.63) is 140 Å². The first-order valence-electron chi connectivity index (χ1n) is 10.4. The molecular weight excluding hydrogens is 539 g/mol. The van der Waals surface area contributed by atoms with Gasteiger partial charge >= 0.3 is 28.3 Å². The second-order valence-corrected chi connectivity index (χ2v) is 9.39. The van der Waals surface area contributed by atoms with Crippen LogP contribution in [0.4, 0.5) is 0 Å². The Morgan fingerprint density at radius 1 is 0.424 bits per heavy atom. The first-order chi connectivity index (χ1) is 16.4. The van der Waals surface area contributed by atoms with E-state index in [0.29, 0.717) is 0 Å². The van der Waals surface area contributed by atoms with Crippen LogP contribution in [0, 0.1) is 0 Å². The van der Waals surface area contributed by atoms with Crippen molar-refractivity contribution in [1.29, 1.82) is 0 Å². The van der Waals surface area contributed by atoms with Gasteiger partial charge in [-0.15, -0.1) is 0 Å². The minimum Gasteiger partial charge on any atom is -0.255 e. The normalized spacial score (nSPS) is 9.82. The first kappa shape index (κ1) is 25.0. The molecule has 2 heterocycles. The Bertz CT molecular complexity index is 1030. The molecule has 0 aliphatic rings. The van der Waals surface area contributed by atoms with E-state index in [4.69, 9.17) is 0 Å². The van der Waals surface area contributed by atoms with Crippen molar-refractivity contribution in [2.24, 2.45) is 0 Å². The third kappa shape index (κ3) is 7.73. The Morgan fingerprint density at radius 2 is 0.727 bits per heavy atom. The number of nitrogens with zero attached hydrogens (tertiary/aromatic N) is 2. The quantitative estimate of drug-likeness (QED) is 0.194. The van der Waals surface area contributed by atoms with Crippen LogP contribution in [0.2, 0.25) is 0 Å². The maximum Gasteiger partial charge on any atom is 0.102 e. The molecular formula is C28H24BrCuN2P+. The van der Waals surface area contributed by atoms with Gasteiger partial charge in [0.05, 0.1) is 19.3 Å². The van der Waals surface area contributed by atoms with E-state index in [2.05, 4.69) is 129 Å². The number of halogens is 1. The Labute approximate surface area is 212 Å². The number of aromatic nitrogens is 2. The second-order valence-electron chi connectivity index (χ2n) is 6.90. The third-order valence-corrected chi connectivity index (χ3v) is 7.51. The van der Waals surface area contributed by atoms with E-state index in [1.165, 1.54) is 15.9 Å². The Kier molecular flexibility index (Phi) is 11.0. The van der Waals surface area contributed by atoms with Crippen LogP contribution in [0.1, 0.15) is 0 Å². The molecule has 0 saturated heterocycles. The zero-order chi connectivity index (χ0) is 23.1. The smallest absolute Gasteiger partial charge is 0.102 e. The molecule has 0 aliphatic carbocycles. The largest absolute Gasteiger partial charge is 0.255 e. The van der Waals surface area contributed by atoms with E-state index in [1.807, 2.05) is 36.4 Å². The third-order valence-electron chi connectivity index (χ3n) is 4.78. The van der Waals surface area contributed by atoms with E-state index >= 15 is 0 Å². The van der Waals surface area contributed by atoms with Crippen LogP contribution < -0.4 is 15.9 Å². The molecule has 0 spiro atoms. The van der Waals surface area contributed by atoms with Gasteiger partial charge in [-0.3, -0.25) is 9.97 Å². The fourth-order valence-electron chi connectivity index (χ4n) is 3.34. The molecule has 0 unspecified atom stereocenters. The summed E-state index contributed by atoms with van der Waals surface area (Å²) in [6.45, 7) is 0. The summed E-state index contributed by atoms with van der Waals surface area (Å²) in [5.74, 6) is 0. The standard InChI is InChI=1S/C18H15P.C10H8N2.BrH.Cu/c1-4-10-16(11-5-1)19(17-12-6-2-7-13-17)18-14-8-3-9-15-18;1-3-7-11-9(5-1)10-6-2-4-8-12-10;;/h1-15H;1-8H;1H;/q;;;+1. The number of hydrogen-bond donors (Lipinski definition) is 0. The molecule has 0 radical (unpaired) electrons. The fourth-order valence-corrected chi connectivity index (χ4v) is 5.92. The number of rotatable bonds is 4. The summed E-state index contributed by atoms with van der Waals surface area (Å²) in [7, 11) is -0.877. The van der Waals surface area contributed by atoms with Gasteiger partial charge in [0.25, 0.3) is 0 Å². The van der Waals surface area contributed by atoms with E-state index in [-0.39, 0.29) is 0 Å². The minimum atomic E-state index is -0.877. The molecule has 5 heteroatoms. The molecule has 5 aromatic rings. The maximum atomic E-state index is 4.19. The molecule has 0 bridgehead atoms. The van der Waals surface area contributed by atoms with E-state index in [1.54, 1.807) is 12.4 Å². The number of hydrogen-bond acceptors (Lipinski definition) is 2. The molecule has 5 rings (SSSR count). The van der Waals surface area contributed by atoms with Crippen molar-refractivity contribution >= 4 is 37.9 Å². The Hall–Kier alpha value is -2.61. The molecule has 33 heavy (non-hydrogen) atoms.